The molecule has 6 radical (unpaired) electrons. The van der Waals surface area contributed by atoms with Gasteiger partial charge in [0.2, 0.25) is 6.71 Å². The van der Waals surface area contributed by atoms with Crippen LogP contribution in [0.25, 0.3) is 0 Å². The van der Waals surface area contributed by atoms with E-state index in [2.05, 4.69) is 9.71 Å². The third kappa shape index (κ3) is 3.60. The van der Waals surface area contributed by atoms with Crippen LogP contribution in [0.15, 0.2) is 23.1 Å². The van der Waals surface area contributed by atoms with Crippen molar-refractivity contribution in [1.29, 1.82) is 0 Å². The third-order valence-electron chi connectivity index (χ3n) is 6.31. The molecule has 2 aliphatic rings. The Bertz CT molecular complexity index is 1280. The highest BCUT2D eigenvalue weighted by atomic mass is 35.5. The second-order valence-corrected chi connectivity index (χ2v) is 10.5. The van der Waals surface area contributed by atoms with E-state index in [1.807, 2.05) is 0 Å². The number of carbonyl (C=O) groups excluding carboxylic acids is 1. The summed E-state index contributed by atoms with van der Waals surface area (Å²) in [6.07, 6.45) is -4.17. The normalized spacial score (nSPS) is 22.3. The van der Waals surface area contributed by atoms with Crippen LogP contribution in [0.1, 0.15) is 34.5 Å². The number of carbonyl (C=O) groups is 1. The number of rotatable bonds is 3. The minimum Gasteiger partial charge on any atom is -0.369 e. The Hall–Kier alpha value is -1.94. The maximum Gasteiger partial charge on any atom is 0.417 e. The molecule has 6 nitrogen and oxygen atoms in total. The van der Waals surface area contributed by atoms with Gasteiger partial charge in [-0.2, -0.15) is 13.2 Å². The summed E-state index contributed by atoms with van der Waals surface area (Å²) in [7, 11) is 14.3. The molecule has 15 heteroatoms. The van der Waals surface area contributed by atoms with Crippen molar-refractivity contribution in [1.82, 2.24) is 9.88 Å². The molecule has 1 unspecified atom stereocenters. The van der Waals surface area contributed by atoms with E-state index in [1.165, 1.54) is 6.92 Å². The van der Waals surface area contributed by atoms with E-state index in [-0.39, 0.29) is 28.3 Å². The van der Waals surface area contributed by atoms with Gasteiger partial charge in [-0.15, -0.1) is 0 Å². The number of aryl methyl sites for hydroxylation is 1. The fraction of sp³-hybridized carbons (Fsp3) is 0.389. The van der Waals surface area contributed by atoms with Crippen LogP contribution in [-0.2, 0) is 16.2 Å². The summed E-state index contributed by atoms with van der Waals surface area (Å²) in [5.74, 6) is -0.747. The number of hydrogen-bond donors (Lipinski definition) is 2. The Balaban J connectivity index is 1.80. The molecule has 0 spiro atoms. The van der Waals surface area contributed by atoms with Gasteiger partial charge in [-0.1, -0.05) is 18.4 Å². The Morgan fingerprint density at radius 1 is 1.24 bits per heavy atom. The lowest BCUT2D eigenvalue weighted by atomic mass is 9.28. The lowest BCUT2D eigenvalue weighted by molar-refractivity contribution is -0.137. The van der Waals surface area contributed by atoms with Crippen molar-refractivity contribution < 1.29 is 26.4 Å². The number of nitrogens with one attached hydrogen (secondary N) is 2. The fourth-order valence-corrected chi connectivity index (χ4v) is 6.43. The first-order chi connectivity index (χ1) is 15.0. The number of benzene rings is 1. The number of halogens is 4. The van der Waals surface area contributed by atoms with E-state index >= 15 is 0 Å². The SMILES string of the molecule is [B]C1([B])CCC2([B])B(C)c3[nH]c(C)c(S(=O)(=O)Nc4ccc(C(F)(F)F)c(Cl)c4)c3C(=O)N12. The van der Waals surface area contributed by atoms with Crippen LogP contribution in [0.5, 0.6) is 0 Å². The number of nitrogens with zero attached hydrogens (tertiary/aromatic N) is 1. The van der Waals surface area contributed by atoms with Crippen molar-refractivity contribution >= 4 is 69.1 Å². The number of hydrogen-bond acceptors (Lipinski definition) is 3. The van der Waals surface area contributed by atoms with E-state index in [0.29, 0.717) is 18.1 Å². The van der Waals surface area contributed by atoms with Gasteiger partial charge in [-0.3, -0.25) is 9.52 Å². The number of aromatic amines is 1. The molecule has 1 saturated heterocycles. The van der Waals surface area contributed by atoms with E-state index in [1.54, 1.807) is 6.82 Å². The van der Waals surface area contributed by atoms with Crippen molar-refractivity contribution in [2.24, 2.45) is 0 Å². The van der Waals surface area contributed by atoms with Gasteiger partial charge in [0.05, 0.1) is 45.4 Å². The molecule has 1 aromatic carbocycles. The lowest BCUT2D eigenvalue weighted by Gasteiger charge is -2.49. The molecule has 3 heterocycles. The Morgan fingerprint density at radius 3 is 2.45 bits per heavy atom. The molecule has 2 N–H and O–H groups in total. The van der Waals surface area contributed by atoms with Crippen LogP contribution >= 0.6 is 11.6 Å². The molecular formula is C18H15B4ClF3N3O3S. The molecule has 166 valence electrons. The number of aromatic nitrogens is 1. The zero-order valence-corrected chi connectivity index (χ0v) is 19.1. The van der Waals surface area contributed by atoms with Gasteiger partial charge in [0.1, 0.15) is 4.90 Å². The molecule has 33 heavy (non-hydrogen) atoms. The lowest BCUT2D eigenvalue weighted by Crippen LogP contribution is -2.71. The van der Waals surface area contributed by atoms with Crippen molar-refractivity contribution in [2.45, 2.75) is 48.3 Å². The average Bonchev–Trinajstić information content (AvgIpc) is 3.14. The monoisotopic (exact) mass is 489 g/mol. The van der Waals surface area contributed by atoms with Crippen molar-refractivity contribution in [3.05, 3.63) is 40.0 Å². The first kappa shape index (κ1) is 24.2. The number of alkyl halides is 3. The van der Waals surface area contributed by atoms with Crippen molar-refractivity contribution in [3.8, 4) is 0 Å². The summed E-state index contributed by atoms with van der Waals surface area (Å²) in [5.41, 5.74) is -1.01. The van der Waals surface area contributed by atoms with E-state index in [9.17, 15) is 26.4 Å². The maximum absolute atomic E-state index is 13.4. The molecule has 1 fully saturated rings. The second kappa shape index (κ2) is 7.28. The Morgan fingerprint density at radius 2 is 1.88 bits per heavy atom. The van der Waals surface area contributed by atoms with Gasteiger partial charge in [-0.25, -0.2) is 8.42 Å². The van der Waals surface area contributed by atoms with Gasteiger partial charge in [0.15, 0.2) is 0 Å². The van der Waals surface area contributed by atoms with Gasteiger partial charge in [0, 0.05) is 5.69 Å². The first-order valence-electron chi connectivity index (χ1n) is 9.84. The number of amides is 1. The van der Waals surface area contributed by atoms with E-state index in [0.717, 1.165) is 17.0 Å². The molecular weight excluding hydrogens is 474 g/mol. The van der Waals surface area contributed by atoms with Crippen LogP contribution in [0.4, 0.5) is 18.9 Å². The van der Waals surface area contributed by atoms with E-state index < -0.39 is 50.1 Å². The zero-order chi connectivity index (χ0) is 24.7. The Labute approximate surface area is 198 Å². The average molecular weight is 489 g/mol. The predicted molar refractivity (Wildman–Crippen MR) is 122 cm³/mol. The van der Waals surface area contributed by atoms with Gasteiger partial charge < -0.3 is 9.88 Å². The molecule has 1 amide bonds. The molecule has 0 saturated carbocycles. The quantitative estimate of drug-likeness (QED) is 0.646. The molecule has 0 bridgehead atoms. The zero-order valence-electron chi connectivity index (χ0n) is 17.5. The molecule has 1 atom stereocenters. The summed E-state index contributed by atoms with van der Waals surface area (Å²) in [5, 5.41) is -3.46. The van der Waals surface area contributed by atoms with Crippen LogP contribution < -0.4 is 10.3 Å². The highest BCUT2D eigenvalue weighted by Gasteiger charge is 2.58. The molecule has 1 aromatic heterocycles. The van der Waals surface area contributed by atoms with Gasteiger partial charge >= 0.3 is 6.18 Å². The Kier molecular flexibility index (Phi) is 5.34. The summed E-state index contributed by atoms with van der Waals surface area (Å²) in [6, 6.07) is 2.44. The fourth-order valence-electron chi connectivity index (χ4n) is 4.68. The van der Waals surface area contributed by atoms with Crippen molar-refractivity contribution in [3.63, 3.8) is 0 Å². The van der Waals surface area contributed by atoms with Crippen LogP contribution in [-0.4, -0.2) is 65.1 Å². The van der Waals surface area contributed by atoms with Crippen LogP contribution in [0.2, 0.25) is 11.8 Å². The predicted octanol–water partition coefficient (Wildman–Crippen LogP) is 1.77. The van der Waals surface area contributed by atoms with Crippen LogP contribution in [0, 0.1) is 6.92 Å². The summed E-state index contributed by atoms with van der Waals surface area (Å²) in [4.78, 5) is 17.1. The number of sulfonamides is 1. The van der Waals surface area contributed by atoms with Crippen molar-refractivity contribution in [2.75, 3.05) is 4.72 Å². The highest BCUT2D eigenvalue weighted by Crippen LogP contribution is 2.43. The standard InChI is InChI=1S/C18H15B4ClF3N3O3S/c1-8-13(33(31,32)28-9-3-4-10(11(23)7-9)18(24,25)26)12-14(27-8)22(2)17(21)6-5-16(19,20)29(17)15(12)30/h3-4,7,27-28H,5-6H2,1-2H3. The van der Waals surface area contributed by atoms with E-state index in [4.69, 9.17) is 35.1 Å². The third-order valence-corrected chi connectivity index (χ3v) is 8.18. The molecule has 2 aliphatic heterocycles. The molecule has 2 aromatic rings. The number of anilines is 1. The topological polar surface area (TPSA) is 82.3 Å². The first-order valence-corrected chi connectivity index (χ1v) is 11.7. The minimum atomic E-state index is -4.70. The smallest absolute Gasteiger partial charge is 0.369 e. The molecule has 4 rings (SSSR count). The molecule has 0 aliphatic carbocycles. The van der Waals surface area contributed by atoms with Gasteiger partial charge in [0.25, 0.3) is 15.9 Å². The maximum atomic E-state index is 13.4. The summed E-state index contributed by atoms with van der Waals surface area (Å²) >= 11 is 5.70. The van der Waals surface area contributed by atoms with Crippen LogP contribution in [0.3, 0.4) is 0 Å². The second-order valence-electron chi connectivity index (χ2n) is 8.51. The highest BCUT2D eigenvalue weighted by molar-refractivity contribution is 7.92. The number of H-pyrrole nitrogens is 1. The minimum absolute atomic E-state index is 0.148. The number of fused-ring (bicyclic) bond motifs is 2. The summed E-state index contributed by atoms with van der Waals surface area (Å²) < 4.78 is 67.6. The van der Waals surface area contributed by atoms with Gasteiger partial charge in [-0.05, 0) is 54.2 Å². The summed E-state index contributed by atoms with van der Waals surface area (Å²) in [6.45, 7) is 2.66. The largest absolute Gasteiger partial charge is 0.417 e.